The predicted octanol–water partition coefficient (Wildman–Crippen LogP) is 3.58. The molecule has 0 spiro atoms. The van der Waals surface area contributed by atoms with Crippen LogP contribution in [0.4, 0.5) is 0 Å². The third kappa shape index (κ3) is 3.03. The van der Waals surface area contributed by atoms with Crippen LogP contribution in [0.25, 0.3) is 0 Å². The van der Waals surface area contributed by atoms with Crippen LogP contribution in [0, 0.1) is 12.8 Å². The number of hydrogen-bond donors (Lipinski definition) is 2. The lowest BCUT2D eigenvalue weighted by molar-refractivity contribution is 0.451. The minimum atomic E-state index is -0.0881. The van der Waals surface area contributed by atoms with Crippen LogP contribution in [0.1, 0.15) is 36.4 Å². The molecule has 1 atom stereocenters. The number of hydrogen-bond acceptors (Lipinski definition) is 2. The first-order valence-corrected chi connectivity index (χ1v) is 5.70. The standard InChI is InChI=1S/C12H16ClNO.ClH/c1-7-4-9(13)6-10(12(7)15)11(14)5-8-2-3-8;/h4,6,8,11,15H,2-3,5,14H2,1H3;1H/t11-;/m1./s1. The topological polar surface area (TPSA) is 46.2 Å². The van der Waals surface area contributed by atoms with E-state index in [0.29, 0.717) is 10.8 Å². The van der Waals surface area contributed by atoms with Gasteiger partial charge in [0.2, 0.25) is 0 Å². The Morgan fingerprint density at radius 2 is 2.12 bits per heavy atom. The molecule has 90 valence electrons. The normalized spacial score (nSPS) is 16.7. The Hall–Kier alpha value is -0.440. The SMILES string of the molecule is Cc1cc(Cl)cc([C@H](N)CC2CC2)c1O.Cl. The summed E-state index contributed by atoms with van der Waals surface area (Å²) in [5, 5.41) is 10.5. The van der Waals surface area contributed by atoms with Gasteiger partial charge in [0, 0.05) is 16.6 Å². The summed E-state index contributed by atoms with van der Waals surface area (Å²) in [4.78, 5) is 0. The van der Waals surface area contributed by atoms with Gasteiger partial charge in [-0.3, -0.25) is 0 Å². The smallest absolute Gasteiger partial charge is 0.123 e. The maximum absolute atomic E-state index is 9.89. The Morgan fingerprint density at radius 1 is 1.50 bits per heavy atom. The highest BCUT2D eigenvalue weighted by Gasteiger charge is 2.26. The van der Waals surface area contributed by atoms with E-state index in [-0.39, 0.29) is 18.4 Å². The molecule has 1 aromatic carbocycles. The van der Waals surface area contributed by atoms with Crippen LogP contribution in [-0.4, -0.2) is 5.11 Å². The second-order valence-electron chi connectivity index (χ2n) is 4.45. The number of aromatic hydroxyl groups is 1. The molecule has 0 radical (unpaired) electrons. The lowest BCUT2D eigenvalue weighted by Crippen LogP contribution is -2.11. The van der Waals surface area contributed by atoms with E-state index in [2.05, 4.69) is 0 Å². The maximum Gasteiger partial charge on any atom is 0.123 e. The molecule has 3 N–H and O–H groups in total. The van der Waals surface area contributed by atoms with Gasteiger partial charge in [-0.05, 0) is 37.0 Å². The highest BCUT2D eigenvalue weighted by molar-refractivity contribution is 6.30. The predicted molar refractivity (Wildman–Crippen MR) is 69.4 cm³/mol. The second kappa shape index (κ2) is 5.26. The van der Waals surface area contributed by atoms with Crippen LogP contribution in [0.3, 0.4) is 0 Å². The third-order valence-corrected chi connectivity index (χ3v) is 3.20. The van der Waals surface area contributed by atoms with Gasteiger partial charge in [0.1, 0.15) is 5.75 Å². The van der Waals surface area contributed by atoms with Crippen LogP contribution in [0.2, 0.25) is 5.02 Å². The van der Waals surface area contributed by atoms with Crippen molar-refractivity contribution in [2.24, 2.45) is 11.7 Å². The van der Waals surface area contributed by atoms with E-state index in [1.165, 1.54) is 12.8 Å². The summed E-state index contributed by atoms with van der Waals surface area (Å²) in [5.41, 5.74) is 7.64. The van der Waals surface area contributed by atoms with Gasteiger partial charge in [0.15, 0.2) is 0 Å². The average molecular weight is 262 g/mol. The zero-order valence-corrected chi connectivity index (χ0v) is 10.8. The van der Waals surface area contributed by atoms with Crippen LogP contribution in [0.5, 0.6) is 5.75 Å². The molecule has 0 aliphatic heterocycles. The Morgan fingerprint density at radius 3 is 2.69 bits per heavy atom. The molecule has 1 fully saturated rings. The minimum absolute atomic E-state index is 0. The number of nitrogens with two attached hydrogens (primary N) is 1. The van der Waals surface area contributed by atoms with Gasteiger partial charge in [-0.2, -0.15) is 0 Å². The van der Waals surface area contributed by atoms with Crippen molar-refractivity contribution >= 4 is 24.0 Å². The van der Waals surface area contributed by atoms with E-state index < -0.39 is 0 Å². The van der Waals surface area contributed by atoms with Crippen molar-refractivity contribution in [3.05, 3.63) is 28.3 Å². The molecule has 1 aromatic rings. The van der Waals surface area contributed by atoms with Gasteiger partial charge < -0.3 is 10.8 Å². The fraction of sp³-hybridized carbons (Fsp3) is 0.500. The summed E-state index contributed by atoms with van der Waals surface area (Å²) in [6, 6.07) is 3.44. The molecule has 0 amide bonds. The highest BCUT2D eigenvalue weighted by atomic mass is 35.5. The first kappa shape index (κ1) is 13.6. The lowest BCUT2D eigenvalue weighted by atomic mass is 9.99. The second-order valence-corrected chi connectivity index (χ2v) is 4.88. The van der Waals surface area contributed by atoms with Crippen LogP contribution < -0.4 is 5.73 Å². The number of rotatable bonds is 3. The summed E-state index contributed by atoms with van der Waals surface area (Å²) < 4.78 is 0. The largest absolute Gasteiger partial charge is 0.507 e. The van der Waals surface area contributed by atoms with Gasteiger partial charge in [-0.25, -0.2) is 0 Å². The molecule has 0 unspecified atom stereocenters. The Labute approximate surface area is 107 Å². The van der Waals surface area contributed by atoms with Gasteiger partial charge >= 0.3 is 0 Å². The van der Waals surface area contributed by atoms with Gasteiger partial charge in [-0.1, -0.05) is 24.4 Å². The molecule has 1 aliphatic rings. The van der Waals surface area contributed by atoms with Crippen LogP contribution in [0.15, 0.2) is 12.1 Å². The Balaban J connectivity index is 0.00000128. The van der Waals surface area contributed by atoms with Gasteiger partial charge in [0.25, 0.3) is 0 Å². The molecule has 0 heterocycles. The van der Waals surface area contributed by atoms with Crippen molar-refractivity contribution in [2.75, 3.05) is 0 Å². The number of halogens is 2. The monoisotopic (exact) mass is 261 g/mol. The molecular weight excluding hydrogens is 245 g/mol. The molecule has 2 nitrogen and oxygen atoms in total. The number of benzene rings is 1. The molecule has 16 heavy (non-hydrogen) atoms. The van der Waals surface area contributed by atoms with Gasteiger partial charge in [0.05, 0.1) is 0 Å². The lowest BCUT2D eigenvalue weighted by Gasteiger charge is -2.15. The van der Waals surface area contributed by atoms with Crippen molar-refractivity contribution in [1.29, 1.82) is 0 Å². The van der Waals surface area contributed by atoms with E-state index in [1.807, 2.05) is 6.92 Å². The minimum Gasteiger partial charge on any atom is -0.507 e. The molecular formula is C12H17Cl2NO. The van der Waals surface area contributed by atoms with Gasteiger partial charge in [-0.15, -0.1) is 12.4 Å². The van der Waals surface area contributed by atoms with Crippen molar-refractivity contribution in [3.8, 4) is 5.75 Å². The first-order valence-electron chi connectivity index (χ1n) is 5.32. The fourth-order valence-electron chi connectivity index (χ4n) is 1.88. The van der Waals surface area contributed by atoms with E-state index in [1.54, 1.807) is 12.1 Å². The Bertz CT molecular complexity index is 378. The van der Waals surface area contributed by atoms with Crippen LogP contribution >= 0.6 is 24.0 Å². The molecule has 0 bridgehead atoms. The number of aryl methyl sites for hydroxylation is 1. The zero-order valence-electron chi connectivity index (χ0n) is 9.24. The molecule has 0 saturated heterocycles. The highest BCUT2D eigenvalue weighted by Crippen LogP contribution is 2.39. The van der Waals surface area contributed by atoms with E-state index in [4.69, 9.17) is 17.3 Å². The van der Waals surface area contributed by atoms with E-state index in [0.717, 1.165) is 23.5 Å². The summed E-state index contributed by atoms with van der Waals surface area (Å²) >= 11 is 5.95. The molecule has 4 heteroatoms. The van der Waals surface area contributed by atoms with Crippen molar-refractivity contribution in [2.45, 2.75) is 32.2 Å². The van der Waals surface area contributed by atoms with E-state index in [9.17, 15) is 5.11 Å². The average Bonchev–Trinajstić information content (AvgIpc) is 2.94. The number of phenols is 1. The molecule has 0 aromatic heterocycles. The zero-order chi connectivity index (χ0) is 11.0. The fourth-order valence-corrected chi connectivity index (χ4v) is 2.16. The quantitative estimate of drug-likeness (QED) is 0.874. The number of phenolic OH excluding ortho intramolecular Hbond substituents is 1. The molecule has 2 rings (SSSR count). The summed E-state index contributed by atoms with van der Waals surface area (Å²) in [6.07, 6.45) is 3.50. The Kier molecular flexibility index (Phi) is 4.48. The first-order chi connectivity index (χ1) is 7.08. The summed E-state index contributed by atoms with van der Waals surface area (Å²) in [5.74, 6) is 1.05. The maximum atomic E-state index is 9.89. The third-order valence-electron chi connectivity index (χ3n) is 2.98. The van der Waals surface area contributed by atoms with E-state index >= 15 is 0 Å². The van der Waals surface area contributed by atoms with Crippen molar-refractivity contribution < 1.29 is 5.11 Å². The molecule has 1 saturated carbocycles. The van der Waals surface area contributed by atoms with Crippen molar-refractivity contribution in [3.63, 3.8) is 0 Å². The van der Waals surface area contributed by atoms with Crippen molar-refractivity contribution in [1.82, 2.24) is 0 Å². The molecule has 1 aliphatic carbocycles. The summed E-state index contributed by atoms with van der Waals surface area (Å²) in [6.45, 7) is 1.84. The summed E-state index contributed by atoms with van der Waals surface area (Å²) in [7, 11) is 0. The van der Waals surface area contributed by atoms with Crippen LogP contribution in [-0.2, 0) is 0 Å².